The van der Waals surface area contributed by atoms with Crippen LogP contribution in [0.5, 0.6) is 5.75 Å². The second-order valence-electron chi connectivity index (χ2n) is 3.22. The highest BCUT2D eigenvalue weighted by molar-refractivity contribution is 5.47. The Bertz CT molecular complexity index is 448. The number of nitriles is 1. The van der Waals surface area contributed by atoms with Gasteiger partial charge < -0.3 is 4.74 Å². The van der Waals surface area contributed by atoms with Crippen molar-refractivity contribution in [3.63, 3.8) is 0 Å². The summed E-state index contributed by atoms with van der Waals surface area (Å²) in [6.45, 7) is 0. The molecule has 0 amide bonds. The number of ether oxygens (including phenoxy) is 1. The number of aromatic nitrogens is 1. The van der Waals surface area contributed by atoms with Crippen LogP contribution in [0.15, 0.2) is 12.3 Å². The van der Waals surface area contributed by atoms with Gasteiger partial charge in [0.15, 0.2) is 0 Å². The molecule has 0 radical (unpaired) electrons. The van der Waals surface area contributed by atoms with Gasteiger partial charge >= 0.3 is 5.69 Å². The average molecular weight is 205 g/mol. The van der Waals surface area contributed by atoms with Gasteiger partial charge in [0.2, 0.25) is 5.75 Å². The molecule has 15 heavy (non-hydrogen) atoms. The van der Waals surface area contributed by atoms with Crippen LogP contribution < -0.4 is 4.74 Å². The zero-order chi connectivity index (χ0) is 10.8. The van der Waals surface area contributed by atoms with Gasteiger partial charge in [0.05, 0.1) is 11.0 Å². The SMILES string of the molecule is N#Cc1cc(OC2CC2)c([N+](=O)[O-])cn1. The molecule has 1 aliphatic carbocycles. The summed E-state index contributed by atoms with van der Waals surface area (Å²) in [5.41, 5.74) is -0.0721. The molecule has 0 atom stereocenters. The lowest BCUT2D eigenvalue weighted by Gasteiger charge is -2.04. The molecule has 76 valence electrons. The van der Waals surface area contributed by atoms with Gasteiger partial charge in [-0.2, -0.15) is 5.26 Å². The van der Waals surface area contributed by atoms with E-state index in [9.17, 15) is 10.1 Å². The minimum atomic E-state index is -0.564. The van der Waals surface area contributed by atoms with Gasteiger partial charge in [0.1, 0.15) is 18.0 Å². The maximum atomic E-state index is 10.6. The van der Waals surface area contributed by atoms with Crippen LogP contribution in [0.4, 0.5) is 5.69 Å². The third kappa shape index (κ3) is 2.02. The fourth-order valence-corrected chi connectivity index (χ4v) is 1.09. The van der Waals surface area contributed by atoms with Crippen LogP contribution in [0.25, 0.3) is 0 Å². The van der Waals surface area contributed by atoms with Gasteiger partial charge in [0, 0.05) is 6.07 Å². The summed E-state index contributed by atoms with van der Waals surface area (Å²) in [7, 11) is 0. The van der Waals surface area contributed by atoms with Gasteiger partial charge in [-0.25, -0.2) is 4.98 Å². The van der Waals surface area contributed by atoms with Crippen LogP contribution in [0.1, 0.15) is 18.5 Å². The summed E-state index contributed by atoms with van der Waals surface area (Å²) in [5.74, 6) is 0.133. The summed E-state index contributed by atoms with van der Waals surface area (Å²) in [4.78, 5) is 13.7. The van der Waals surface area contributed by atoms with E-state index < -0.39 is 4.92 Å². The maximum Gasteiger partial charge on any atom is 0.329 e. The molecule has 0 spiro atoms. The molecule has 0 aromatic carbocycles. The standard InChI is InChI=1S/C9H7N3O3/c10-4-6-3-9(15-7-1-2-7)8(5-11-6)12(13)14/h3,5,7H,1-2H2. The van der Waals surface area contributed by atoms with Gasteiger partial charge in [-0.3, -0.25) is 10.1 Å². The van der Waals surface area contributed by atoms with Crippen molar-refractivity contribution in [2.45, 2.75) is 18.9 Å². The zero-order valence-electron chi connectivity index (χ0n) is 7.71. The average Bonchev–Trinajstić information content (AvgIpc) is 3.01. The molecule has 6 heteroatoms. The molecule has 0 N–H and O–H groups in total. The third-order valence-corrected chi connectivity index (χ3v) is 1.98. The summed E-state index contributed by atoms with van der Waals surface area (Å²) in [5, 5.41) is 19.2. The molecular formula is C9H7N3O3. The third-order valence-electron chi connectivity index (χ3n) is 1.98. The number of hydrogen-bond donors (Lipinski definition) is 0. The van der Waals surface area contributed by atoms with E-state index in [2.05, 4.69) is 4.98 Å². The monoisotopic (exact) mass is 205 g/mol. The van der Waals surface area contributed by atoms with Crippen molar-refractivity contribution >= 4 is 5.69 Å². The molecule has 2 rings (SSSR count). The molecule has 1 aromatic rings. The van der Waals surface area contributed by atoms with Crippen LogP contribution in [-0.4, -0.2) is 16.0 Å². The molecule has 1 fully saturated rings. The zero-order valence-corrected chi connectivity index (χ0v) is 7.71. The number of nitro groups is 1. The second-order valence-corrected chi connectivity index (χ2v) is 3.22. The Morgan fingerprint density at radius 3 is 2.93 bits per heavy atom. The quantitative estimate of drug-likeness (QED) is 0.549. The first-order chi connectivity index (χ1) is 7.20. The first-order valence-corrected chi connectivity index (χ1v) is 4.42. The normalized spacial score (nSPS) is 14.3. The highest BCUT2D eigenvalue weighted by Gasteiger charge is 2.27. The van der Waals surface area contributed by atoms with Crippen molar-refractivity contribution < 1.29 is 9.66 Å². The maximum absolute atomic E-state index is 10.6. The lowest BCUT2D eigenvalue weighted by Crippen LogP contribution is -2.01. The van der Waals surface area contributed by atoms with E-state index in [1.54, 1.807) is 0 Å². The van der Waals surface area contributed by atoms with E-state index in [1.807, 2.05) is 6.07 Å². The predicted molar refractivity (Wildman–Crippen MR) is 49.3 cm³/mol. The smallest absolute Gasteiger partial charge is 0.329 e. The first-order valence-electron chi connectivity index (χ1n) is 4.42. The lowest BCUT2D eigenvalue weighted by molar-refractivity contribution is -0.386. The Labute approximate surface area is 85.3 Å². The first kappa shape index (κ1) is 9.40. The van der Waals surface area contributed by atoms with E-state index in [4.69, 9.17) is 10.00 Å². The largest absolute Gasteiger partial charge is 0.483 e. The van der Waals surface area contributed by atoms with E-state index in [0.29, 0.717) is 0 Å². The lowest BCUT2D eigenvalue weighted by atomic mass is 10.3. The molecule has 1 aliphatic rings. The Hall–Kier alpha value is -2.16. The van der Waals surface area contributed by atoms with Gasteiger partial charge in [-0.1, -0.05) is 0 Å². The summed E-state index contributed by atoms with van der Waals surface area (Å²) < 4.78 is 5.33. The van der Waals surface area contributed by atoms with E-state index >= 15 is 0 Å². The fraction of sp³-hybridized carbons (Fsp3) is 0.333. The second kappa shape index (κ2) is 3.53. The Balaban J connectivity index is 2.36. The molecule has 0 saturated heterocycles. The Morgan fingerprint density at radius 2 is 2.40 bits per heavy atom. The van der Waals surface area contributed by atoms with Gasteiger partial charge in [-0.15, -0.1) is 0 Å². The van der Waals surface area contributed by atoms with Crippen molar-refractivity contribution in [2.75, 3.05) is 0 Å². The number of nitrogens with zero attached hydrogens (tertiary/aromatic N) is 3. The van der Waals surface area contributed by atoms with E-state index in [-0.39, 0.29) is 23.2 Å². The van der Waals surface area contributed by atoms with Crippen molar-refractivity contribution in [1.29, 1.82) is 5.26 Å². The summed E-state index contributed by atoms with van der Waals surface area (Å²) in [6, 6.07) is 3.12. The van der Waals surface area contributed by atoms with Crippen LogP contribution in [0, 0.1) is 21.4 Å². The number of rotatable bonds is 3. The molecule has 6 nitrogen and oxygen atoms in total. The highest BCUT2D eigenvalue weighted by Crippen LogP contribution is 2.32. The fourth-order valence-electron chi connectivity index (χ4n) is 1.09. The molecule has 0 aliphatic heterocycles. The van der Waals surface area contributed by atoms with Crippen LogP contribution in [-0.2, 0) is 0 Å². The van der Waals surface area contributed by atoms with Crippen molar-refractivity contribution in [3.8, 4) is 11.8 Å². The molecule has 0 bridgehead atoms. The highest BCUT2D eigenvalue weighted by atomic mass is 16.6. The van der Waals surface area contributed by atoms with Crippen LogP contribution >= 0.6 is 0 Å². The van der Waals surface area contributed by atoms with Gasteiger partial charge in [-0.05, 0) is 12.8 Å². The molecule has 0 unspecified atom stereocenters. The van der Waals surface area contributed by atoms with Crippen molar-refractivity contribution in [2.24, 2.45) is 0 Å². The Morgan fingerprint density at radius 1 is 1.67 bits per heavy atom. The minimum absolute atomic E-state index is 0.0534. The van der Waals surface area contributed by atoms with E-state index in [0.717, 1.165) is 19.0 Å². The van der Waals surface area contributed by atoms with Crippen molar-refractivity contribution in [3.05, 3.63) is 28.1 Å². The molecule has 1 heterocycles. The minimum Gasteiger partial charge on any atom is -0.483 e. The van der Waals surface area contributed by atoms with Crippen LogP contribution in [0.2, 0.25) is 0 Å². The topological polar surface area (TPSA) is 89.0 Å². The predicted octanol–water partition coefficient (Wildman–Crippen LogP) is 1.40. The number of hydrogen-bond acceptors (Lipinski definition) is 5. The molecule has 1 saturated carbocycles. The van der Waals surface area contributed by atoms with Crippen LogP contribution in [0.3, 0.4) is 0 Å². The number of pyridine rings is 1. The van der Waals surface area contributed by atoms with E-state index in [1.165, 1.54) is 6.07 Å². The van der Waals surface area contributed by atoms with Crippen molar-refractivity contribution in [1.82, 2.24) is 4.98 Å². The summed E-state index contributed by atoms with van der Waals surface area (Å²) in [6.07, 6.45) is 2.91. The molecule has 1 aromatic heterocycles. The molecular weight excluding hydrogens is 198 g/mol. The van der Waals surface area contributed by atoms with Gasteiger partial charge in [0.25, 0.3) is 0 Å². The Kier molecular flexibility index (Phi) is 2.21. The summed E-state index contributed by atoms with van der Waals surface area (Å²) >= 11 is 0.